The largest absolute Gasteiger partial charge is 0.369 e. The highest BCUT2D eigenvalue weighted by Crippen LogP contribution is 2.42. The van der Waals surface area contributed by atoms with E-state index in [0.717, 1.165) is 18.6 Å². The molecule has 2 unspecified atom stereocenters. The lowest BCUT2D eigenvalue weighted by Gasteiger charge is -2.38. The Bertz CT molecular complexity index is 305. The Labute approximate surface area is 95.0 Å². The molecule has 0 bridgehead atoms. The van der Waals surface area contributed by atoms with Crippen LogP contribution in [0.25, 0.3) is 0 Å². The zero-order chi connectivity index (χ0) is 10.7. The highest BCUT2D eigenvalue weighted by molar-refractivity contribution is 7.99. The van der Waals surface area contributed by atoms with Crippen LogP contribution in [0, 0.1) is 11.3 Å². The second kappa shape index (κ2) is 4.44. The molecule has 0 aromatic carbocycles. The molecule has 0 saturated carbocycles. The number of hydrogen-bond donors (Lipinski definition) is 1. The van der Waals surface area contributed by atoms with Crippen molar-refractivity contribution in [3.05, 3.63) is 24.3 Å². The van der Waals surface area contributed by atoms with E-state index in [9.17, 15) is 4.79 Å². The number of nitrogens with two attached hydrogens (primary N) is 1. The SMILES string of the molecule is NC(=O)C1(C2CCCSC2)C=CC=CC1. The van der Waals surface area contributed by atoms with Gasteiger partial charge in [-0.3, -0.25) is 4.79 Å². The molecule has 1 aliphatic heterocycles. The number of allylic oxidation sites excluding steroid dienone is 3. The second-order valence-electron chi connectivity index (χ2n) is 4.31. The maximum absolute atomic E-state index is 11.7. The molecule has 82 valence electrons. The normalized spacial score (nSPS) is 35.3. The third-order valence-electron chi connectivity index (χ3n) is 3.44. The van der Waals surface area contributed by atoms with Gasteiger partial charge in [0.2, 0.25) is 5.91 Å². The fraction of sp³-hybridized carbons (Fsp3) is 0.583. The van der Waals surface area contributed by atoms with Gasteiger partial charge in [0.1, 0.15) is 0 Å². The fourth-order valence-corrected chi connectivity index (χ4v) is 3.76. The number of primary amides is 1. The predicted octanol–water partition coefficient (Wildman–Crippen LogP) is 2.12. The van der Waals surface area contributed by atoms with E-state index in [0.29, 0.717) is 5.92 Å². The molecule has 1 fully saturated rings. The summed E-state index contributed by atoms with van der Waals surface area (Å²) >= 11 is 1.95. The van der Waals surface area contributed by atoms with Crippen LogP contribution in [-0.4, -0.2) is 17.4 Å². The summed E-state index contributed by atoms with van der Waals surface area (Å²) in [7, 11) is 0. The fourth-order valence-electron chi connectivity index (χ4n) is 2.47. The minimum absolute atomic E-state index is 0.157. The predicted molar refractivity (Wildman–Crippen MR) is 64.6 cm³/mol. The number of hydrogen-bond acceptors (Lipinski definition) is 2. The van der Waals surface area contributed by atoms with Gasteiger partial charge < -0.3 is 5.73 Å². The Morgan fingerprint density at radius 3 is 2.87 bits per heavy atom. The molecule has 1 amide bonds. The summed E-state index contributed by atoms with van der Waals surface area (Å²) in [5.74, 6) is 2.57. The summed E-state index contributed by atoms with van der Waals surface area (Å²) in [5.41, 5.74) is 5.20. The monoisotopic (exact) mass is 223 g/mol. The molecule has 2 nitrogen and oxygen atoms in total. The van der Waals surface area contributed by atoms with Crippen molar-refractivity contribution in [1.29, 1.82) is 0 Å². The molecule has 3 heteroatoms. The van der Waals surface area contributed by atoms with Gasteiger partial charge in [-0.2, -0.15) is 11.8 Å². The van der Waals surface area contributed by atoms with Crippen molar-refractivity contribution in [1.82, 2.24) is 0 Å². The molecule has 1 saturated heterocycles. The van der Waals surface area contributed by atoms with Gasteiger partial charge >= 0.3 is 0 Å². The minimum Gasteiger partial charge on any atom is -0.369 e. The van der Waals surface area contributed by atoms with E-state index in [4.69, 9.17) is 5.73 Å². The number of rotatable bonds is 2. The summed E-state index contributed by atoms with van der Waals surface area (Å²) in [5, 5.41) is 0. The Kier molecular flexibility index (Phi) is 3.19. The lowest BCUT2D eigenvalue weighted by Crippen LogP contribution is -2.44. The van der Waals surface area contributed by atoms with Crippen LogP contribution in [0.1, 0.15) is 19.3 Å². The second-order valence-corrected chi connectivity index (χ2v) is 5.46. The first kappa shape index (κ1) is 10.8. The number of carbonyl (C=O) groups is 1. The quantitative estimate of drug-likeness (QED) is 0.779. The van der Waals surface area contributed by atoms with Crippen LogP contribution in [0.4, 0.5) is 0 Å². The highest BCUT2D eigenvalue weighted by atomic mass is 32.2. The molecule has 0 aromatic heterocycles. The maximum atomic E-state index is 11.7. The van der Waals surface area contributed by atoms with Crippen LogP contribution in [0.2, 0.25) is 0 Å². The van der Waals surface area contributed by atoms with E-state index in [1.807, 2.05) is 30.0 Å². The molecule has 1 heterocycles. The van der Waals surface area contributed by atoms with E-state index < -0.39 is 5.41 Å². The first-order valence-corrected chi connectivity index (χ1v) is 6.63. The summed E-state index contributed by atoms with van der Waals surface area (Å²) in [4.78, 5) is 11.7. The minimum atomic E-state index is -0.401. The summed E-state index contributed by atoms with van der Waals surface area (Å²) in [6.45, 7) is 0. The van der Waals surface area contributed by atoms with Crippen molar-refractivity contribution < 1.29 is 4.79 Å². The van der Waals surface area contributed by atoms with Gasteiger partial charge in [0.15, 0.2) is 0 Å². The van der Waals surface area contributed by atoms with E-state index in [2.05, 4.69) is 6.08 Å². The van der Waals surface area contributed by atoms with Crippen molar-refractivity contribution in [3.63, 3.8) is 0 Å². The van der Waals surface area contributed by atoms with E-state index in [-0.39, 0.29) is 5.91 Å². The third kappa shape index (κ3) is 1.98. The molecule has 2 N–H and O–H groups in total. The van der Waals surface area contributed by atoms with E-state index >= 15 is 0 Å². The Morgan fingerprint density at radius 1 is 1.47 bits per heavy atom. The van der Waals surface area contributed by atoms with Crippen LogP contribution in [0.5, 0.6) is 0 Å². The van der Waals surface area contributed by atoms with Crippen molar-refractivity contribution >= 4 is 17.7 Å². The van der Waals surface area contributed by atoms with Crippen LogP contribution < -0.4 is 5.73 Å². The zero-order valence-corrected chi connectivity index (χ0v) is 9.63. The van der Waals surface area contributed by atoms with E-state index in [1.54, 1.807) is 0 Å². The topological polar surface area (TPSA) is 43.1 Å². The van der Waals surface area contributed by atoms with Crippen molar-refractivity contribution in [2.45, 2.75) is 19.3 Å². The van der Waals surface area contributed by atoms with Gasteiger partial charge in [-0.05, 0) is 36.7 Å². The molecular formula is C12H17NOS. The Hall–Kier alpha value is -0.700. The molecule has 15 heavy (non-hydrogen) atoms. The molecule has 1 aliphatic carbocycles. The van der Waals surface area contributed by atoms with Gasteiger partial charge in [0, 0.05) is 0 Å². The molecule has 2 aliphatic rings. The van der Waals surface area contributed by atoms with Gasteiger partial charge in [0.25, 0.3) is 0 Å². The molecule has 2 atom stereocenters. The highest BCUT2D eigenvalue weighted by Gasteiger charge is 2.42. The third-order valence-corrected chi connectivity index (χ3v) is 4.66. The molecule has 0 aromatic rings. The smallest absolute Gasteiger partial charge is 0.228 e. The zero-order valence-electron chi connectivity index (χ0n) is 8.82. The Morgan fingerprint density at radius 2 is 2.33 bits per heavy atom. The molecule has 0 spiro atoms. The van der Waals surface area contributed by atoms with Crippen LogP contribution >= 0.6 is 11.8 Å². The molecular weight excluding hydrogens is 206 g/mol. The van der Waals surface area contributed by atoms with Gasteiger partial charge in [-0.25, -0.2) is 0 Å². The van der Waals surface area contributed by atoms with Crippen molar-refractivity contribution in [2.75, 3.05) is 11.5 Å². The average Bonchev–Trinajstić information content (AvgIpc) is 2.31. The average molecular weight is 223 g/mol. The Balaban J connectivity index is 2.21. The summed E-state index contributed by atoms with van der Waals surface area (Å²) < 4.78 is 0. The van der Waals surface area contributed by atoms with Gasteiger partial charge in [0.05, 0.1) is 5.41 Å². The van der Waals surface area contributed by atoms with Crippen LogP contribution in [-0.2, 0) is 4.79 Å². The molecule has 0 radical (unpaired) electrons. The standard InChI is InChI=1S/C12H17NOS/c13-11(14)12(6-2-1-3-7-12)10-5-4-8-15-9-10/h1-3,6,10H,4-5,7-9H2,(H2,13,14). The van der Waals surface area contributed by atoms with Crippen molar-refractivity contribution in [2.24, 2.45) is 17.1 Å². The number of amides is 1. The first-order valence-electron chi connectivity index (χ1n) is 5.48. The van der Waals surface area contributed by atoms with E-state index in [1.165, 1.54) is 12.2 Å². The van der Waals surface area contributed by atoms with Crippen LogP contribution in [0.3, 0.4) is 0 Å². The number of carbonyl (C=O) groups excluding carboxylic acids is 1. The lowest BCUT2D eigenvalue weighted by atomic mass is 9.69. The van der Waals surface area contributed by atoms with Gasteiger partial charge in [-0.1, -0.05) is 24.3 Å². The molecule has 2 rings (SSSR count). The first-order chi connectivity index (χ1) is 7.26. The summed E-state index contributed by atoms with van der Waals surface area (Å²) in [6.07, 6.45) is 11.2. The van der Waals surface area contributed by atoms with Crippen LogP contribution in [0.15, 0.2) is 24.3 Å². The van der Waals surface area contributed by atoms with Gasteiger partial charge in [-0.15, -0.1) is 0 Å². The number of thioether (sulfide) groups is 1. The summed E-state index contributed by atoms with van der Waals surface area (Å²) in [6, 6.07) is 0. The lowest BCUT2D eigenvalue weighted by molar-refractivity contribution is -0.127. The van der Waals surface area contributed by atoms with Crippen molar-refractivity contribution in [3.8, 4) is 0 Å². The maximum Gasteiger partial charge on any atom is 0.228 e.